The van der Waals surface area contributed by atoms with E-state index in [1.165, 1.54) is 4.88 Å². The second kappa shape index (κ2) is 10.1. The molecule has 0 amide bonds. The van der Waals surface area contributed by atoms with Crippen LogP contribution in [0.25, 0.3) is 0 Å². The van der Waals surface area contributed by atoms with Crippen LogP contribution in [-0.4, -0.2) is 18.0 Å². The molecule has 2 aromatic rings. The van der Waals surface area contributed by atoms with Gasteiger partial charge in [-0.1, -0.05) is 30.7 Å². The lowest BCUT2D eigenvalue weighted by atomic mass is 10.1. The van der Waals surface area contributed by atoms with Crippen molar-refractivity contribution in [2.75, 3.05) is 7.05 Å². The van der Waals surface area contributed by atoms with Crippen molar-refractivity contribution in [3.05, 3.63) is 50.9 Å². The minimum atomic E-state index is 0. The summed E-state index contributed by atoms with van der Waals surface area (Å²) < 4.78 is 0. The van der Waals surface area contributed by atoms with Crippen LogP contribution in [0.5, 0.6) is 0 Å². The topological polar surface area (TPSA) is 49.3 Å². The van der Waals surface area contributed by atoms with Crippen molar-refractivity contribution in [3.8, 4) is 0 Å². The summed E-state index contributed by atoms with van der Waals surface area (Å²) in [4.78, 5) is 9.95. The van der Waals surface area contributed by atoms with Gasteiger partial charge in [-0.2, -0.15) is 0 Å². The van der Waals surface area contributed by atoms with E-state index in [4.69, 9.17) is 11.6 Å². The lowest BCUT2D eigenvalue weighted by Crippen LogP contribution is -2.38. The Balaban J connectivity index is 0.00000264. The van der Waals surface area contributed by atoms with Gasteiger partial charge in [-0.3, -0.25) is 4.99 Å². The molecule has 23 heavy (non-hydrogen) atoms. The van der Waals surface area contributed by atoms with Crippen LogP contribution in [0, 0.1) is 0 Å². The molecular formula is C16H22ClIN4S. The zero-order chi connectivity index (χ0) is 15.9. The summed E-state index contributed by atoms with van der Waals surface area (Å²) in [6, 6.07) is 7.95. The molecule has 126 valence electrons. The second-order valence-corrected chi connectivity index (χ2v) is 6.56. The minimum absolute atomic E-state index is 0. The van der Waals surface area contributed by atoms with Crippen LogP contribution in [-0.2, 0) is 13.0 Å². The van der Waals surface area contributed by atoms with Gasteiger partial charge in [0.25, 0.3) is 0 Å². The predicted octanol–water partition coefficient (Wildman–Crippen LogP) is 4.40. The Kier molecular flexibility index (Phi) is 8.86. The molecule has 4 nitrogen and oxygen atoms in total. The Morgan fingerprint density at radius 2 is 2.22 bits per heavy atom. The highest BCUT2D eigenvalue weighted by Crippen LogP contribution is 2.17. The van der Waals surface area contributed by atoms with Crippen LogP contribution in [0.4, 0.5) is 0 Å². The van der Waals surface area contributed by atoms with Gasteiger partial charge in [-0.05, 0) is 31.0 Å². The first kappa shape index (κ1) is 20.2. The van der Waals surface area contributed by atoms with Gasteiger partial charge < -0.3 is 10.6 Å². The van der Waals surface area contributed by atoms with E-state index >= 15 is 0 Å². The van der Waals surface area contributed by atoms with Crippen molar-refractivity contribution in [2.24, 2.45) is 4.99 Å². The summed E-state index contributed by atoms with van der Waals surface area (Å²) in [6.07, 6.45) is 2.96. The average Bonchev–Trinajstić information content (AvgIpc) is 2.99. The van der Waals surface area contributed by atoms with Gasteiger partial charge in [0, 0.05) is 23.1 Å². The summed E-state index contributed by atoms with van der Waals surface area (Å²) in [5.41, 5.74) is 1.12. The van der Waals surface area contributed by atoms with Crippen LogP contribution >= 0.6 is 46.9 Å². The summed E-state index contributed by atoms with van der Waals surface area (Å²) in [5.74, 6) is 0.751. The lowest BCUT2D eigenvalue weighted by Gasteiger charge is -2.18. The van der Waals surface area contributed by atoms with E-state index in [1.54, 1.807) is 18.4 Å². The van der Waals surface area contributed by atoms with Crippen molar-refractivity contribution in [1.29, 1.82) is 0 Å². The molecule has 1 heterocycles. The number of aryl methyl sites for hydroxylation is 1. The third kappa shape index (κ3) is 6.27. The van der Waals surface area contributed by atoms with E-state index in [9.17, 15) is 0 Å². The third-order valence-corrected chi connectivity index (χ3v) is 4.66. The SMILES string of the molecule is CCc1cnc(CNC(=NC)NC(C)c2cccc(Cl)c2)s1.I. The first-order valence-electron chi connectivity index (χ1n) is 7.28. The fraction of sp³-hybridized carbons (Fsp3) is 0.375. The normalized spacial score (nSPS) is 12.4. The molecule has 0 bridgehead atoms. The van der Waals surface area contributed by atoms with Gasteiger partial charge in [0.1, 0.15) is 5.01 Å². The highest BCUT2D eigenvalue weighted by molar-refractivity contribution is 14.0. The molecule has 1 atom stereocenters. The second-order valence-electron chi connectivity index (χ2n) is 4.92. The van der Waals surface area contributed by atoms with Crippen molar-refractivity contribution in [3.63, 3.8) is 0 Å². The van der Waals surface area contributed by atoms with Gasteiger partial charge in [0.05, 0.1) is 12.6 Å². The van der Waals surface area contributed by atoms with Gasteiger partial charge in [-0.25, -0.2) is 4.98 Å². The first-order valence-corrected chi connectivity index (χ1v) is 8.48. The molecule has 0 saturated carbocycles. The maximum absolute atomic E-state index is 6.04. The molecule has 0 aliphatic carbocycles. The van der Waals surface area contributed by atoms with Crippen molar-refractivity contribution in [2.45, 2.75) is 32.9 Å². The maximum Gasteiger partial charge on any atom is 0.191 e. The number of nitrogens with one attached hydrogen (secondary N) is 2. The minimum Gasteiger partial charge on any atom is -0.350 e. The van der Waals surface area contributed by atoms with Gasteiger partial charge in [0.15, 0.2) is 5.96 Å². The lowest BCUT2D eigenvalue weighted by molar-refractivity contribution is 0.685. The number of aromatic nitrogens is 1. The van der Waals surface area contributed by atoms with Crippen LogP contribution < -0.4 is 10.6 Å². The summed E-state index contributed by atoms with van der Waals surface area (Å²) in [5, 5.41) is 8.46. The quantitative estimate of drug-likeness (QED) is 0.392. The molecule has 2 rings (SSSR count). The molecule has 0 saturated heterocycles. The number of rotatable bonds is 5. The molecule has 1 aromatic carbocycles. The zero-order valence-electron chi connectivity index (χ0n) is 13.5. The zero-order valence-corrected chi connectivity index (χ0v) is 17.4. The molecule has 0 aliphatic heterocycles. The maximum atomic E-state index is 6.04. The molecular weight excluding hydrogens is 443 g/mol. The molecule has 0 spiro atoms. The fourth-order valence-corrected chi connectivity index (χ4v) is 3.01. The van der Waals surface area contributed by atoms with Crippen LogP contribution in [0.1, 0.15) is 35.3 Å². The van der Waals surface area contributed by atoms with E-state index < -0.39 is 0 Å². The fourth-order valence-electron chi connectivity index (χ4n) is 2.01. The van der Waals surface area contributed by atoms with Gasteiger partial charge >= 0.3 is 0 Å². The molecule has 2 N–H and O–H groups in total. The number of aliphatic imine (C=N–C) groups is 1. The highest BCUT2D eigenvalue weighted by Gasteiger charge is 2.09. The van der Waals surface area contributed by atoms with Crippen molar-refractivity contribution < 1.29 is 0 Å². The van der Waals surface area contributed by atoms with Crippen molar-refractivity contribution in [1.82, 2.24) is 15.6 Å². The molecule has 1 aromatic heterocycles. The number of nitrogens with zero attached hydrogens (tertiary/aromatic N) is 2. The number of halogens is 2. The molecule has 0 radical (unpaired) electrons. The Morgan fingerprint density at radius 3 is 2.83 bits per heavy atom. The number of thiazole rings is 1. The summed E-state index contributed by atoms with van der Waals surface area (Å²) in [7, 11) is 1.76. The molecule has 1 unspecified atom stereocenters. The van der Waals surface area contributed by atoms with Crippen LogP contribution in [0.15, 0.2) is 35.5 Å². The Hall–Kier alpha value is -0.860. The van der Waals surface area contributed by atoms with E-state index in [2.05, 4.69) is 34.5 Å². The Labute approximate surface area is 163 Å². The Morgan fingerprint density at radius 1 is 1.43 bits per heavy atom. The Bertz CT molecular complexity index is 645. The number of benzene rings is 1. The van der Waals surface area contributed by atoms with Crippen LogP contribution in [0.2, 0.25) is 5.02 Å². The predicted molar refractivity (Wildman–Crippen MR) is 110 cm³/mol. The number of hydrogen-bond acceptors (Lipinski definition) is 3. The summed E-state index contributed by atoms with van der Waals surface area (Å²) >= 11 is 7.76. The number of hydrogen-bond donors (Lipinski definition) is 2. The average molecular weight is 465 g/mol. The monoisotopic (exact) mass is 464 g/mol. The van der Waals surface area contributed by atoms with Gasteiger partial charge in [0.2, 0.25) is 0 Å². The first-order chi connectivity index (χ1) is 10.6. The smallest absolute Gasteiger partial charge is 0.191 e. The van der Waals surface area contributed by atoms with Crippen LogP contribution in [0.3, 0.4) is 0 Å². The molecule has 0 fully saturated rings. The number of guanidine groups is 1. The van der Waals surface area contributed by atoms with Crippen molar-refractivity contribution >= 4 is 52.9 Å². The standard InChI is InChI=1S/C16H21ClN4S.HI/c1-4-14-9-19-15(22-14)10-20-16(18-3)21-11(2)12-6-5-7-13(17)8-12;/h5-9,11H,4,10H2,1-3H3,(H2,18,20,21);1H. The highest BCUT2D eigenvalue weighted by atomic mass is 127. The largest absolute Gasteiger partial charge is 0.350 e. The molecule has 0 aliphatic rings. The van der Waals surface area contributed by atoms with E-state index in [1.807, 2.05) is 30.5 Å². The third-order valence-electron chi connectivity index (χ3n) is 3.28. The molecule has 7 heteroatoms. The van der Waals surface area contributed by atoms with E-state index in [0.29, 0.717) is 6.54 Å². The van der Waals surface area contributed by atoms with Gasteiger partial charge in [-0.15, -0.1) is 35.3 Å². The van der Waals surface area contributed by atoms with E-state index in [0.717, 1.165) is 28.0 Å². The van der Waals surface area contributed by atoms with E-state index in [-0.39, 0.29) is 30.0 Å². The summed E-state index contributed by atoms with van der Waals surface area (Å²) in [6.45, 7) is 4.89.